The van der Waals surface area contributed by atoms with E-state index in [0.29, 0.717) is 61.5 Å². The van der Waals surface area contributed by atoms with E-state index in [0.717, 1.165) is 12.0 Å². The predicted octanol–water partition coefficient (Wildman–Crippen LogP) is 2.84. The summed E-state index contributed by atoms with van der Waals surface area (Å²) < 4.78 is 27.4. The van der Waals surface area contributed by atoms with Crippen molar-refractivity contribution < 1.29 is 22.8 Å². The predicted molar refractivity (Wildman–Crippen MR) is 145 cm³/mol. The third kappa shape index (κ3) is 6.81. The lowest BCUT2D eigenvalue weighted by Gasteiger charge is -2.33. The Morgan fingerprint density at radius 3 is 2.44 bits per heavy atom. The third-order valence-corrected chi connectivity index (χ3v) is 8.46. The van der Waals surface area contributed by atoms with E-state index in [-0.39, 0.29) is 36.0 Å². The monoisotopic (exact) mass is 551 g/mol. The van der Waals surface area contributed by atoms with Crippen molar-refractivity contribution in [3.05, 3.63) is 58.3 Å². The first-order valence-corrected chi connectivity index (χ1v) is 14.8. The highest BCUT2D eigenvalue weighted by atomic mass is 32.2. The van der Waals surface area contributed by atoms with Gasteiger partial charge in [0, 0.05) is 44.0 Å². The fraction of sp³-hybridized carbons (Fsp3) is 0.464. The molecule has 0 saturated carbocycles. The number of sulfonamides is 1. The number of Topliss-reactive ketones (excluding diaryl/α,β-unsaturated/α-hetero) is 1. The summed E-state index contributed by atoms with van der Waals surface area (Å²) in [6.45, 7) is 5.24. The van der Waals surface area contributed by atoms with Crippen LogP contribution < -0.4 is 9.62 Å². The summed E-state index contributed by atoms with van der Waals surface area (Å²) in [6.07, 6.45) is 2.24. The van der Waals surface area contributed by atoms with E-state index in [4.69, 9.17) is 4.98 Å². The zero-order valence-corrected chi connectivity index (χ0v) is 23.1. The third-order valence-electron chi connectivity index (χ3n) is 7.23. The maximum atomic E-state index is 12.8. The fourth-order valence-corrected chi connectivity index (χ4v) is 6.17. The summed E-state index contributed by atoms with van der Waals surface area (Å²) >= 11 is 0. The number of carbonyl (C=O) groups excluding carboxylic acids is 3. The Labute approximate surface area is 229 Å². The number of hydrogen-bond acceptors (Lipinski definition) is 8. The lowest BCUT2D eigenvalue weighted by molar-refractivity contribution is -0.128. The molecule has 1 N–H and O–H groups in total. The number of likely N-dealkylation sites (tertiary alicyclic amines) is 1. The van der Waals surface area contributed by atoms with Crippen molar-refractivity contribution in [2.45, 2.75) is 58.2 Å². The first kappa shape index (κ1) is 28.2. The number of nitrogens with one attached hydrogen (secondary N) is 1. The summed E-state index contributed by atoms with van der Waals surface area (Å²) in [7, 11) is -3.84. The normalized spacial score (nSPS) is 16.3. The summed E-state index contributed by atoms with van der Waals surface area (Å²) in [4.78, 5) is 45.9. The van der Waals surface area contributed by atoms with Crippen molar-refractivity contribution in [1.82, 2.24) is 14.6 Å². The van der Waals surface area contributed by atoms with Gasteiger partial charge in [0.25, 0.3) is 0 Å². The van der Waals surface area contributed by atoms with Crippen LogP contribution in [0.4, 0.5) is 5.82 Å². The average molecular weight is 552 g/mol. The van der Waals surface area contributed by atoms with Gasteiger partial charge in [-0.3, -0.25) is 19.1 Å². The number of nitriles is 1. The maximum Gasteiger partial charge on any atom is 0.239 e. The van der Waals surface area contributed by atoms with Crippen LogP contribution in [0.2, 0.25) is 0 Å². The fourth-order valence-electron chi connectivity index (χ4n) is 5.00. The molecule has 1 aromatic heterocycles. The molecule has 0 aliphatic carbocycles. The zero-order valence-electron chi connectivity index (χ0n) is 22.3. The minimum Gasteiger partial charge on any atom is -0.355 e. The number of hydrogen-bond donors (Lipinski definition) is 1. The van der Waals surface area contributed by atoms with Crippen molar-refractivity contribution in [2.24, 2.45) is 5.92 Å². The van der Waals surface area contributed by atoms with E-state index in [1.165, 1.54) is 0 Å². The van der Waals surface area contributed by atoms with Gasteiger partial charge in [-0.1, -0.05) is 36.8 Å². The molecule has 2 aliphatic heterocycles. The topological polar surface area (TPSA) is 141 Å². The molecule has 2 saturated heterocycles. The standard InChI is InChI=1S/C28H33N5O5S/c1-3-25(34)23-15-22(16-29)27(30-24(23)17-33-12-4-5-26(33)35)32-13-10-21(11-14-32)28(36)31-39(37,38)18-20-8-6-19(2)7-9-20/h6-9,15,21H,3-5,10-14,17-18H2,1-2H3,(H,31,36). The van der Waals surface area contributed by atoms with Gasteiger partial charge in [0.15, 0.2) is 5.78 Å². The van der Waals surface area contributed by atoms with E-state index in [1.54, 1.807) is 30.0 Å². The van der Waals surface area contributed by atoms with Gasteiger partial charge in [0.2, 0.25) is 21.8 Å². The molecule has 3 heterocycles. The number of rotatable bonds is 9. The molecule has 1 aromatic carbocycles. The summed E-state index contributed by atoms with van der Waals surface area (Å²) in [5, 5.41) is 9.83. The van der Waals surface area contributed by atoms with Crippen LogP contribution in [-0.2, 0) is 31.9 Å². The van der Waals surface area contributed by atoms with E-state index >= 15 is 0 Å². The van der Waals surface area contributed by atoms with Gasteiger partial charge in [-0.2, -0.15) is 5.26 Å². The van der Waals surface area contributed by atoms with Crippen molar-refractivity contribution in [3.63, 3.8) is 0 Å². The molecule has 39 heavy (non-hydrogen) atoms. The Morgan fingerprint density at radius 2 is 1.85 bits per heavy atom. The largest absolute Gasteiger partial charge is 0.355 e. The Hall–Kier alpha value is -3.78. The molecular formula is C28H33N5O5S. The number of aryl methyl sites for hydroxylation is 1. The molecule has 0 unspecified atom stereocenters. The first-order chi connectivity index (χ1) is 18.6. The van der Waals surface area contributed by atoms with Gasteiger partial charge < -0.3 is 9.80 Å². The van der Waals surface area contributed by atoms with Crippen LogP contribution in [0.25, 0.3) is 0 Å². The molecule has 4 rings (SSSR count). The highest BCUT2D eigenvalue weighted by Crippen LogP contribution is 2.28. The number of benzene rings is 1. The second kappa shape index (κ2) is 11.9. The zero-order chi connectivity index (χ0) is 28.2. The van der Waals surface area contributed by atoms with Crippen LogP contribution in [0, 0.1) is 24.2 Å². The van der Waals surface area contributed by atoms with Gasteiger partial charge in [-0.25, -0.2) is 13.4 Å². The molecule has 2 amide bonds. The molecular weight excluding hydrogens is 518 g/mol. The molecule has 11 heteroatoms. The molecule has 2 aliphatic rings. The minimum absolute atomic E-state index is 0.0155. The van der Waals surface area contributed by atoms with Gasteiger partial charge in [-0.05, 0) is 37.8 Å². The lowest BCUT2D eigenvalue weighted by atomic mass is 9.95. The summed E-state index contributed by atoms with van der Waals surface area (Å²) in [5.74, 6) is -1.03. The van der Waals surface area contributed by atoms with E-state index in [2.05, 4.69) is 10.8 Å². The number of amides is 2. The number of carbonyl (C=O) groups is 3. The number of pyridine rings is 1. The molecule has 2 aromatic rings. The average Bonchev–Trinajstić information content (AvgIpc) is 3.33. The van der Waals surface area contributed by atoms with Crippen molar-refractivity contribution in [1.29, 1.82) is 5.26 Å². The number of ketones is 1. The summed E-state index contributed by atoms with van der Waals surface area (Å²) in [5.41, 5.74) is 2.69. The molecule has 2 fully saturated rings. The molecule has 10 nitrogen and oxygen atoms in total. The van der Waals surface area contributed by atoms with Gasteiger partial charge in [-0.15, -0.1) is 0 Å². The number of aromatic nitrogens is 1. The summed E-state index contributed by atoms with van der Waals surface area (Å²) in [6, 6.07) is 10.8. The van der Waals surface area contributed by atoms with Gasteiger partial charge in [0.05, 0.1) is 23.6 Å². The van der Waals surface area contributed by atoms with Crippen molar-refractivity contribution >= 4 is 33.4 Å². The Morgan fingerprint density at radius 1 is 1.15 bits per heavy atom. The molecule has 206 valence electrons. The minimum atomic E-state index is -3.84. The molecule has 0 spiro atoms. The second-order valence-electron chi connectivity index (χ2n) is 10.1. The second-order valence-corrected chi connectivity index (χ2v) is 11.9. The molecule has 0 atom stereocenters. The highest BCUT2D eigenvalue weighted by molar-refractivity contribution is 7.89. The molecule has 0 bridgehead atoms. The van der Waals surface area contributed by atoms with Crippen LogP contribution in [0.15, 0.2) is 30.3 Å². The van der Waals surface area contributed by atoms with Crippen molar-refractivity contribution in [3.8, 4) is 6.07 Å². The van der Waals surface area contributed by atoms with Gasteiger partial charge >= 0.3 is 0 Å². The molecule has 0 radical (unpaired) electrons. The van der Waals surface area contributed by atoms with E-state index in [1.807, 2.05) is 24.0 Å². The number of nitrogens with zero attached hydrogens (tertiary/aromatic N) is 4. The Kier molecular flexibility index (Phi) is 8.65. The van der Waals surface area contributed by atoms with Crippen LogP contribution >= 0.6 is 0 Å². The van der Waals surface area contributed by atoms with E-state index < -0.39 is 21.8 Å². The lowest BCUT2D eigenvalue weighted by Crippen LogP contribution is -2.43. The SMILES string of the molecule is CCC(=O)c1cc(C#N)c(N2CCC(C(=O)NS(=O)(=O)Cc3ccc(C)cc3)CC2)nc1CN1CCCC1=O. The maximum absolute atomic E-state index is 12.8. The smallest absolute Gasteiger partial charge is 0.239 e. The number of piperidine rings is 1. The Balaban J connectivity index is 1.46. The Bertz CT molecular complexity index is 1410. The van der Waals surface area contributed by atoms with Crippen LogP contribution in [0.1, 0.15) is 71.8 Å². The van der Waals surface area contributed by atoms with E-state index in [9.17, 15) is 28.1 Å². The van der Waals surface area contributed by atoms with Crippen LogP contribution in [0.3, 0.4) is 0 Å². The van der Waals surface area contributed by atoms with Crippen LogP contribution in [-0.4, -0.2) is 55.5 Å². The quantitative estimate of drug-likeness (QED) is 0.469. The highest BCUT2D eigenvalue weighted by Gasteiger charge is 2.31. The first-order valence-electron chi connectivity index (χ1n) is 13.2. The number of anilines is 1. The van der Waals surface area contributed by atoms with Crippen LogP contribution in [0.5, 0.6) is 0 Å². The van der Waals surface area contributed by atoms with Crippen molar-refractivity contribution in [2.75, 3.05) is 24.5 Å². The van der Waals surface area contributed by atoms with Gasteiger partial charge in [0.1, 0.15) is 11.9 Å².